The third kappa shape index (κ3) is 5.41. The zero-order chi connectivity index (χ0) is 23.3. The number of benzene rings is 2. The third-order valence-electron chi connectivity index (χ3n) is 7.22. The molecule has 0 bridgehead atoms. The molecule has 0 saturated carbocycles. The van der Waals surface area contributed by atoms with Crippen molar-refractivity contribution in [2.45, 2.75) is 37.8 Å². The van der Waals surface area contributed by atoms with Crippen molar-refractivity contribution in [1.29, 1.82) is 0 Å². The van der Waals surface area contributed by atoms with E-state index in [0.717, 1.165) is 69.1 Å². The second kappa shape index (κ2) is 10.6. The Hall–Kier alpha value is -2.93. The fourth-order valence-corrected chi connectivity index (χ4v) is 5.19. The summed E-state index contributed by atoms with van der Waals surface area (Å²) in [6, 6.07) is 16.0. The zero-order valence-electron chi connectivity index (χ0n) is 19.9. The molecule has 2 aromatic rings. The first-order valence-corrected chi connectivity index (χ1v) is 12.3. The molecule has 2 fully saturated rings. The fourth-order valence-electron chi connectivity index (χ4n) is 5.19. The van der Waals surface area contributed by atoms with E-state index >= 15 is 0 Å². The molecule has 0 N–H and O–H groups in total. The molecule has 7 heteroatoms. The van der Waals surface area contributed by atoms with E-state index in [1.165, 1.54) is 5.56 Å². The molecular formula is C27H34N2O5. The average molecular weight is 467 g/mol. The highest BCUT2D eigenvalue weighted by atomic mass is 16.6. The number of carbonyl (C=O) groups is 1. The minimum Gasteiger partial charge on any atom is -0.497 e. The van der Waals surface area contributed by atoms with Crippen LogP contribution in [0.1, 0.15) is 24.8 Å². The number of rotatable bonds is 8. The van der Waals surface area contributed by atoms with Gasteiger partial charge >= 0.3 is 6.09 Å². The topological polar surface area (TPSA) is 60.5 Å². The molecule has 2 unspecified atom stereocenters. The average Bonchev–Trinajstić information content (AvgIpc) is 3.22. The van der Waals surface area contributed by atoms with Crippen LogP contribution in [0.5, 0.6) is 17.2 Å². The summed E-state index contributed by atoms with van der Waals surface area (Å²) in [7, 11) is 1.67. The van der Waals surface area contributed by atoms with Crippen molar-refractivity contribution >= 4 is 6.09 Å². The molecule has 3 aliphatic rings. The van der Waals surface area contributed by atoms with Crippen LogP contribution in [0.4, 0.5) is 4.79 Å². The summed E-state index contributed by atoms with van der Waals surface area (Å²) in [5.74, 6) is 3.16. The van der Waals surface area contributed by atoms with Gasteiger partial charge in [0.15, 0.2) is 11.5 Å². The molecule has 3 aliphatic heterocycles. The maximum atomic E-state index is 12.4. The van der Waals surface area contributed by atoms with Gasteiger partial charge in [-0.2, -0.15) is 0 Å². The Bertz CT molecular complexity index is 958. The summed E-state index contributed by atoms with van der Waals surface area (Å²) in [5, 5.41) is 0. The van der Waals surface area contributed by atoms with E-state index in [1.54, 1.807) is 7.11 Å². The van der Waals surface area contributed by atoms with Crippen LogP contribution in [0, 0.1) is 5.92 Å². The number of likely N-dealkylation sites (tertiary alicyclic amines) is 1. The first kappa shape index (κ1) is 22.8. The molecule has 2 atom stereocenters. The molecule has 182 valence electrons. The van der Waals surface area contributed by atoms with E-state index in [2.05, 4.69) is 17.0 Å². The number of methoxy groups -OCH3 is 1. The molecule has 0 aliphatic carbocycles. The Morgan fingerprint density at radius 1 is 0.971 bits per heavy atom. The highest BCUT2D eigenvalue weighted by Crippen LogP contribution is 2.31. The second-order valence-electron chi connectivity index (χ2n) is 9.51. The first-order chi connectivity index (χ1) is 16.7. The minimum atomic E-state index is -0.175. The number of piperidine rings is 1. The standard InChI is InChI=1S/C27H34N2O5/c1-31-23-8-6-21(7-9-23)16-22-18-33-27(30)29(22)15-12-20-10-13-28(14-11-20)17-24-19-32-25-4-2-3-5-26(25)34-24/h2-9,20,22,24H,10-19H2,1H3. The number of ether oxygens (including phenoxy) is 4. The van der Waals surface area contributed by atoms with Gasteiger partial charge in [-0.15, -0.1) is 0 Å². The van der Waals surface area contributed by atoms with E-state index in [4.69, 9.17) is 18.9 Å². The molecule has 5 rings (SSSR count). The van der Waals surface area contributed by atoms with Crippen molar-refractivity contribution in [2.24, 2.45) is 5.92 Å². The number of carbonyl (C=O) groups excluding carboxylic acids is 1. The van der Waals surface area contributed by atoms with Crippen LogP contribution in [-0.2, 0) is 11.2 Å². The smallest absolute Gasteiger partial charge is 0.410 e. The van der Waals surface area contributed by atoms with Crippen LogP contribution < -0.4 is 14.2 Å². The molecule has 0 spiro atoms. The van der Waals surface area contributed by atoms with Gasteiger partial charge in [0, 0.05) is 13.1 Å². The lowest BCUT2D eigenvalue weighted by Crippen LogP contribution is -2.44. The molecule has 34 heavy (non-hydrogen) atoms. The molecule has 7 nitrogen and oxygen atoms in total. The third-order valence-corrected chi connectivity index (χ3v) is 7.22. The van der Waals surface area contributed by atoms with E-state index in [0.29, 0.717) is 19.1 Å². The normalized spacial score (nSPS) is 23.1. The molecular weight excluding hydrogens is 432 g/mol. The van der Waals surface area contributed by atoms with E-state index < -0.39 is 0 Å². The molecule has 1 amide bonds. The molecule has 0 radical (unpaired) electrons. The number of para-hydroxylation sites is 2. The number of nitrogens with zero attached hydrogens (tertiary/aromatic N) is 2. The highest BCUT2D eigenvalue weighted by molar-refractivity contribution is 5.70. The van der Waals surface area contributed by atoms with Gasteiger partial charge in [0.1, 0.15) is 25.1 Å². The van der Waals surface area contributed by atoms with Crippen molar-refractivity contribution in [1.82, 2.24) is 9.80 Å². The number of hydrogen-bond donors (Lipinski definition) is 0. The van der Waals surface area contributed by atoms with Crippen molar-refractivity contribution in [3.8, 4) is 17.2 Å². The van der Waals surface area contributed by atoms with Crippen LogP contribution in [0.3, 0.4) is 0 Å². The monoisotopic (exact) mass is 466 g/mol. The number of hydrogen-bond acceptors (Lipinski definition) is 6. The number of fused-ring (bicyclic) bond motifs is 1. The van der Waals surface area contributed by atoms with Gasteiger partial charge in [0.2, 0.25) is 0 Å². The lowest BCUT2D eigenvalue weighted by atomic mass is 9.93. The molecule has 2 aromatic carbocycles. The Morgan fingerprint density at radius 2 is 1.74 bits per heavy atom. The second-order valence-corrected chi connectivity index (χ2v) is 9.51. The Morgan fingerprint density at radius 3 is 2.50 bits per heavy atom. The van der Waals surface area contributed by atoms with Gasteiger partial charge in [-0.3, -0.25) is 4.90 Å². The zero-order valence-corrected chi connectivity index (χ0v) is 19.9. The quantitative estimate of drug-likeness (QED) is 0.586. The number of amides is 1. The molecule has 3 heterocycles. The van der Waals surface area contributed by atoms with Crippen molar-refractivity contribution in [3.63, 3.8) is 0 Å². The van der Waals surface area contributed by atoms with Crippen LogP contribution >= 0.6 is 0 Å². The minimum absolute atomic E-state index is 0.0736. The van der Waals surface area contributed by atoms with Crippen molar-refractivity contribution < 1.29 is 23.7 Å². The Kier molecular flexibility index (Phi) is 7.09. The summed E-state index contributed by atoms with van der Waals surface area (Å²) in [4.78, 5) is 16.8. The summed E-state index contributed by atoms with van der Waals surface area (Å²) in [5.41, 5.74) is 1.19. The van der Waals surface area contributed by atoms with Gasteiger partial charge in [0.25, 0.3) is 0 Å². The predicted octanol–water partition coefficient (Wildman–Crippen LogP) is 4.00. The highest BCUT2D eigenvalue weighted by Gasteiger charge is 2.33. The van der Waals surface area contributed by atoms with Crippen LogP contribution in [-0.4, -0.2) is 74.5 Å². The maximum absolute atomic E-state index is 12.4. The number of cyclic esters (lactones) is 1. The van der Waals surface area contributed by atoms with E-state index in [-0.39, 0.29) is 18.2 Å². The van der Waals surface area contributed by atoms with Gasteiger partial charge in [-0.25, -0.2) is 4.79 Å². The molecule has 2 saturated heterocycles. The summed E-state index contributed by atoms with van der Waals surface area (Å²) >= 11 is 0. The predicted molar refractivity (Wildman–Crippen MR) is 129 cm³/mol. The van der Waals surface area contributed by atoms with Gasteiger partial charge in [-0.05, 0) is 74.5 Å². The van der Waals surface area contributed by atoms with Gasteiger partial charge in [0.05, 0.1) is 13.2 Å². The fraction of sp³-hybridized carbons (Fsp3) is 0.519. The Labute approximate surface area is 201 Å². The van der Waals surface area contributed by atoms with E-state index in [1.807, 2.05) is 41.3 Å². The van der Waals surface area contributed by atoms with Gasteiger partial charge in [-0.1, -0.05) is 24.3 Å². The largest absolute Gasteiger partial charge is 0.497 e. The van der Waals surface area contributed by atoms with Crippen molar-refractivity contribution in [3.05, 3.63) is 54.1 Å². The van der Waals surface area contributed by atoms with E-state index in [9.17, 15) is 4.79 Å². The van der Waals surface area contributed by atoms with Gasteiger partial charge < -0.3 is 23.8 Å². The maximum Gasteiger partial charge on any atom is 0.410 e. The summed E-state index contributed by atoms with van der Waals surface area (Å²) in [6.45, 7) is 4.85. The Balaban J connectivity index is 1.06. The summed E-state index contributed by atoms with van der Waals surface area (Å²) in [6.07, 6.45) is 4.03. The van der Waals surface area contributed by atoms with Crippen molar-refractivity contribution in [2.75, 3.05) is 46.5 Å². The first-order valence-electron chi connectivity index (χ1n) is 12.3. The lowest BCUT2D eigenvalue weighted by Gasteiger charge is -2.36. The van der Waals surface area contributed by atoms with Crippen LogP contribution in [0.25, 0.3) is 0 Å². The SMILES string of the molecule is COc1ccc(CC2COC(=O)N2CCC2CCN(CC3COc4ccccc4O3)CC2)cc1. The van der Waals surface area contributed by atoms with Crippen LogP contribution in [0.2, 0.25) is 0 Å². The summed E-state index contributed by atoms with van der Waals surface area (Å²) < 4.78 is 22.6. The molecule has 0 aromatic heterocycles. The van der Waals surface area contributed by atoms with Crippen LogP contribution in [0.15, 0.2) is 48.5 Å². The lowest BCUT2D eigenvalue weighted by molar-refractivity contribution is 0.0466.